The van der Waals surface area contributed by atoms with E-state index in [1.54, 1.807) is 11.3 Å². The number of carbonyl (C=O) groups excluding carboxylic acids is 2. The van der Waals surface area contributed by atoms with Gasteiger partial charge in [0.25, 0.3) is 0 Å². The zero-order valence-corrected chi connectivity index (χ0v) is 17.5. The smallest absolute Gasteiger partial charge is 0.315 e. The molecule has 3 amide bonds. The number of hydrogen-bond acceptors (Lipinski definition) is 3. The van der Waals surface area contributed by atoms with Gasteiger partial charge in [0.05, 0.1) is 6.04 Å². The molecule has 0 bridgehead atoms. The summed E-state index contributed by atoms with van der Waals surface area (Å²) in [5.41, 5.74) is 3.38. The Bertz CT molecular complexity index is 988. The van der Waals surface area contributed by atoms with Crippen LogP contribution in [0, 0.1) is 0 Å². The molecule has 5 nitrogen and oxygen atoms in total. The lowest BCUT2D eigenvalue weighted by Gasteiger charge is -2.36. The maximum atomic E-state index is 13.0. The highest BCUT2D eigenvalue weighted by Crippen LogP contribution is 2.37. The SMILES string of the molecule is O=C(NCCC(=O)N1CCc2sccc2C1c1ccccc1)NCc1ccccc1. The Balaban J connectivity index is 1.34. The Hall–Kier alpha value is -3.12. The van der Waals surface area contributed by atoms with Crippen LogP contribution in [-0.4, -0.2) is 29.9 Å². The molecule has 1 unspecified atom stereocenters. The Kier molecular flexibility index (Phi) is 6.44. The minimum Gasteiger partial charge on any atom is -0.338 e. The van der Waals surface area contributed by atoms with Gasteiger partial charge in [-0.05, 0) is 34.6 Å². The lowest BCUT2D eigenvalue weighted by Crippen LogP contribution is -2.42. The Morgan fingerprint density at radius 1 is 0.967 bits per heavy atom. The van der Waals surface area contributed by atoms with Crippen LogP contribution in [0.2, 0.25) is 0 Å². The first-order valence-electron chi connectivity index (χ1n) is 10.2. The molecule has 1 atom stereocenters. The normalized spacial score (nSPS) is 15.3. The second kappa shape index (κ2) is 9.59. The van der Waals surface area contributed by atoms with Gasteiger partial charge in [-0.3, -0.25) is 4.79 Å². The van der Waals surface area contributed by atoms with E-state index in [0.29, 0.717) is 19.6 Å². The molecule has 0 saturated carbocycles. The highest BCUT2D eigenvalue weighted by Gasteiger charge is 2.32. The van der Waals surface area contributed by atoms with Crippen molar-refractivity contribution in [2.45, 2.75) is 25.4 Å². The predicted molar refractivity (Wildman–Crippen MR) is 119 cm³/mol. The monoisotopic (exact) mass is 419 g/mol. The fraction of sp³-hybridized carbons (Fsp3) is 0.250. The molecule has 30 heavy (non-hydrogen) atoms. The lowest BCUT2D eigenvalue weighted by molar-refractivity contribution is -0.133. The van der Waals surface area contributed by atoms with E-state index in [0.717, 1.165) is 17.5 Å². The summed E-state index contributed by atoms with van der Waals surface area (Å²) in [6.07, 6.45) is 1.16. The van der Waals surface area contributed by atoms with Gasteiger partial charge in [-0.1, -0.05) is 60.7 Å². The van der Waals surface area contributed by atoms with Gasteiger partial charge in [-0.2, -0.15) is 0 Å². The van der Waals surface area contributed by atoms with Gasteiger partial charge in [0, 0.05) is 30.9 Å². The summed E-state index contributed by atoms with van der Waals surface area (Å²) in [4.78, 5) is 28.4. The van der Waals surface area contributed by atoms with Gasteiger partial charge < -0.3 is 15.5 Å². The number of amides is 3. The fourth-order valence-electron chi connectivity index (χ4n) is 3.85. The molecule has 2 heterocycles. The van der Waals surface area contributed by atoms with Crippen molar-refractivity contribution < 1.29 is 9.59 Å². The summed E-state index contributed by atoms with van der Waals surface area (Å²) < 4.78 is 0. The third kappa shape index (κ3) is 4.71. The molecule has 6 heteroatoms. The van der Waals surface area contributed by atoms with Crippen molar-refractivity contribution in [1.82, 2.24) is 15.5 Å². The standard InChI is InChI=1S/C24H25N3O2S/c28-22(11-14-25-24(29)26-17-18-7-3-1-4-8-18)27-15-12-21-20(13-16-30-21)23(27)19-9-5-2-6-10-19/h1-10,13,16,23H,11-12,14-15,17H2,(H2,25,26,29). The van der Waals surface area contributed by atoms with Crippen LogP contribution in [0.5, 0.6) is 0 Å². The summed E-state index contributed by atoms with van der Waals surface area (Å²) in [7, 11) is 0. The molecule has 1 aliphatic heterocycles. The van der Waals surface area contributed by atoms with Crippen LogP contribution >= 0.6 is 11.3 Å². The van der Waals surface area contributed by atoms with E-state index >= 15 is 0 Å². The van der Waals surface area contributed by atoms with Crippen molar-refractivity contribution in [2.75, 3.05) is 13.1 Å². The highest BCUT2D eigenvalue weighted by molar-refractivity contribution is 7.10. The first kappa shape index (κ1) is 20.2. The molecule has 2 N–H and O–H groups in total. The van der Waals surface area contributed by atoms with Crippen LogP contribution in [0.3, 0.4) is 0 Å². The first-order valence-corrected chi connectivity index (χ1v) is 11.1. The van der Waals surface area contributed by atoms with Crippen molar-refractivity contribution in [1.29, 1.82) is 0 Å². The zero-order valence-electron chi connectivity index (χ0n) is 16.7. The predicted octanol–water partition coefficient (Wildman–Crippen LogP) is 4.11. The molecule has 4 rings (SSSR count). The summed E-state index contributed by atoms with van der Waals surface area (Å²) in [5.74, 6) is 0.0593. The highest BCUT2D eigenvalue weighted by atomic mass is 32.1. The van der Waals surface area contributed by atoms with E-state index in [4.69, 9.17) is 0 Å². The van der Waals surface area contributed by atoms with E-state index < -0.39 is 0 Å². The van der Waals surface area contributed by atoms with Gasteiger partial charge in [-0.25, -0.2) is 4.79 Å². The maximum absolute atomic E-state index is 13.0. The van der Waals surface area contributed by atoms with Gasteiger partial charge >= 0.3 is 6.03 Å². The van der Waals surface area contributed by atoms with E-state index in [9.17, 15) is 9.59 Å². The minimum atomic E-state index is -0.259. The van der Waals surface area contributed by atoms with Crippen molar-refractivity contribution in [3.05, 3.63) is 93.7 Å². The second-order valence-corrected chi connectivity index (χ2v) is 8.30. The number of carbonyl (C=O) groups is 2. The number of urea groups is 1. The average molecular weight is 420 g/mol. The third-order valence-corrected chi connectivity index (χ3v) is 6.32. The van der Waals surface area contributed by atoms with Crippen LogP contribution in [0.15, 0.2) is 72.1 Å². The molecule has 1 aliphatic rings. The minimum absolute atomic E-state index is 0.0550. The number of thiophene rings is 1. The lowest BCUT2D eigenvalue weighted by atomic mass is 9.93. The van der Waals surface area contributed by atoms with Crippen LogP contribution in [0.1, 0.15) is 34.0 Å². The molecule has 154 valence electrons. The van der Waals surface area contributed by atoms with Gasteiger partial charge in [0.15, 0.2) is 0 Å². The number of fused-ring (bicyclic) bond motifs is 1. The molecular formula is C24H25N3O2S. The number of nitrogens with one attached hydrogen (secondary N) is 2. The molecule has 3 aromatic rings. The van der Waals surface area contributed by atoms with Gasteiger partial charge in [-0.15, -0.1) is 11.3 Å². The van der Waals surface area contributed by atoms with E-state index in [1.165, 1.54) is 10.4 Å². The van der Waals surface area contributed by atoms with E-state index in [1.807, 2.05) is 53.4 Å². The van der Waals surface area contributed by atoms with E-state index in [-0.39, 0.29) is 24.4 Å². The van der Waals surface area contributed by atoms with E-state index in [2.05, 4.69) is 34.2 Å². The first-order chi connectivity index (χ1) is 14.7. The largest absolute Gasteiger partial charge is 0.338 e. The summed E-state index contributed by atoms with van der Waals surface area (Å²) in [5, 5.41) is 7.72. The van der Waals surface area contributed by atoms with Crippen molar-refractivity contribution >= 4 is 23.3 Å². The number of benzene rings is 2. The molecule has 0 radical (unpaired) electrons. The third-order valence-electron chi connectivity index (χ3n) is 5.32. The number of hydrogen-bond donors (Lipinski definition) is 2. The summed E-state index contributed by atoms with van der Waals surface area (Å²) in [6, 6.07) is 21.7. The number of rotatable bonds is 6. The molecule has 0 spiro atoms. The molecule has 1 aromatic heterocycles. The van der Waals surface area contributed by atoms with Crippen molar-refractivity contribution in [3.63, 3.8) is 0 Å². The van der Waals surface area contributed by atoms with Crippen LogP contribution in [0.4, 0.5) is 4.79 Å². The molecule has 0 aliphatic carbocycles. The molecule has 2 aromatic carbocycles. The summed E-state index contributed by atoms with van der Waals surface area (Å²) in [6.45, 7) is 1.48. The van der Waals surface area contributed by atoms with Gasteiger partial charge in [0.2, 0.25) is 5.91 Å². The van der Waals surface area contributed by atoms with Crippen molar-refractivity contribution in [2.24, 2.45) is 0 Å². The molecule has 0 saturated heterocycles. The Labute approximate surface area is 180 Å². The fourth-order valence-corrected chi connectivity index (χ4v) is 4.75. The Morgan fingerprint density at radius 3 is 2.47 bits per heavy atom. The maximum Gasteiger partial charge on any atom is 0.315 e. The molecule has 0 fully saturated rings. The Morgan fingerprint density at radius 2 is 1.70 bits per heavy atom. The summed E-state index contributed by atoms with van der Waals surface area (Å²) >= 11 is 1.76. The van der Waals surface area contributed by atoms with Crippen molar-refractivity contribution in [3.8, 4) is 0 Å². The number of nitrogens with zero attached hydrogens (tertiary/aromatic N) is 1. The van der Waals surface area contributed by atoms with Crippen LogP contribution in [0.25, 0.3) is 0 Å². The molecular weight excluding hydrogens is 394 g/mol. The second-order valence-electron chi connectivity index (χ2n) is 7.29. The van der Waals surface area contributed by atoms with Crippen LogP contribution < -0.4 is 10.6 Å². The van der Waals surface area contributed by atoms with Crippen LogP contribution in [-0.2, 0) is 17.8 Å². The average Bonchev–Trinajstić information content (AvgIpc) is 3.27. The zero-order chi connectivity index (χ0) is 20.8. The topological polar surface area (TPSA) is 61.4 Å². The van der Waals surface area contributed by atoms with Gasteiger partial charge in [0.1, 0.15) is 0 Å². The quantitative estimate of drug-likeness (QED) is 0.632.